The lowest BCUT2D eigenvalue weighted by atomic mass is 9.89. The van der Waals surface area contributed by atoms with Crippen molar-refractivity contribution < 1.29 is 0 Å². The summed E-state index contributed by atoms with van der Waals surface area (Å²) in [4.78, 5) is 0. The molecule has 0 radical (unpaired) electrons. The minimum absolute atomic E-state index is 1.23. The van der Waals surface area contributed by atoms with E-state index >= 15 is 0 Å². The first-order valence-corrected chi connectivity index (χ1v) is 14.5. The lowest BCUT2D eigenvalue weighted by Gasteiger charge is -2.14. The van der Waals surface area contributed by atoms with Gasteiger partial charge >= 0.3 is 0 Å². The summed E-state index contributed by atoms with van der Waals surface area (Å²) >= 11 is 0. The molecule has 0 nitrogen and oxygen atoms in total. The van der Waals surface area contributed by atoms with Crippen LogP contribution in [0.25, 0.3) is 76.8 Å². The molecule has 0 aromatic heterocycles. The third kappa shape index (κ3) is 4.26. The van der Waals surface area contributed by atoms with Crippen LogP contribution in [0.3, 0.4) is 0 Å². The maximum absolute atomic E-state index is 2.38. The van der Waals surface area contributed by atoms with Crippen LogP contribution < -0.4 is 0 Å². The van der Waals surface area contributed by atoms with Gasteiger partial charge in [-0.2, -0.15) is 0 Å². The van der Waals surface area contributed by atoms with Crippen molar-refractivity contribution in [2.45, 2.75) is 0 Å². The Labute approximate surface area is 246 Å². The summed E-state index contributed by atoms with van der Waals surface area (Å²) in [5.74, 6) is 0. The molecule has 0 aliphatic rings. The molecule has 0 aliphatic carbocycles. The van der Waals surface area contributed by atoms with Gasteiger partial charge in [0.2, 0.25) is 0 Å². The Morgan fingerprint density at radius 3 is 0.952 bits per heavy atom. The van der Waals surface area contributed by atoms with E-state index in [1.807, 2.05) is 0 Å². The second-order valence-corrected chi connectivity index (χ2v) is 11.0. The van der Waals surface area contributed by atoms with Gasteiger partial charge in [0.05, 0.1) is 0 Å². The highest BCUT2D eigenvalue weighted by Crippen LogP contribution is 2.39. The first-order valence-electron chi connectivity index (χ1n) is 14.5. The number of rotatable bonds is 4. The molecule has 0 N–H and O–H groups in total. The largest absolute Gasteiger partial charge is 0.0622 e. The van der Waals surface area contributed by atoms with Crippen molar-refractivity contribution >= 4 is 32.3 Å². The highest BCUT2D eigenvalue weighted by atomic mass is 14.2. The van der Waals surface area contributed by atoms with Crippen molar-refractivity contribution in [2.75, 3.05) is 0 Å². The molecule has 0 bridgehead atoms. The predicted octanol–water partition coefficient (Wildman–Crippen LogP) is 11.8. The monoisotopic (exact) mass is 532 g/mol. The van der Waals surface area contributed by atoms with Crippen LogP contribution >= 0.6 is 0 Å². The highest BCUT2D eigenvalue weighted by molar-refractivity contribution is 6.26. The van der Waals surface area contributed by atoms with Crippen molar-refractivity contribution in [3.05, 3.63) is 170 Å². The van der Waals surface area contributed by atoms with E-state index in [0.717, 1.165) is 0 Å². The Morgan fingerprint density at radius 2 is 0.476 bits per heavy atom. The van der Waals surface area contributed by atoms with E-state index in [0.29, 0.717) is 0 Å². The molecule has 0 aliphatic heterocycles. The van der Waals surface area contributed by atoms with E-state index in [9.17, 15) is 0 Å². The maximum atomic E-state index is 2.38. The first kappa shape index (κ1) is 24.3. The molecule has 42 heavy (non-hydrogen) atoms. The molecule has 0 unspecified atom stereocenters. The van der Waals surface area contributed by atoms with E-state index in [2.05, 4.69) is 170 Å². The summed E-state index contributed by atoms with van der Waals surface area (Å²) in [6.07, 6.45) is 0. The molecule has 8 aromatic carbocycles. The van der Waals surface area contributed by atoms with E-state index in [1.165, 1.54) is 76.8 Å². The summed E-state index contributed by atoms with van der Waals surface area (Å²) in [5, 5.41) is 7.74. The Hall–Kier alpha value is -5.46. The van der Waals surface area contributed by atoms with Gasteiger partial charge in [0, 0.05) is 0 Å². The minimum Gasteiger partial charge on any atom is -0.0622 e. The highest BCUT2D eigenvalue weighted by Gasteiger charge is 2.12. The van der Waals surface area contributed by atoms with Crippen LogP contribution in [0.4, 0.5) is 0 Å². The molecular formula is C42H28. The first-order chi connectivity index (χ1) is 20.8. The quantitative estimate of drug-likeness (QED) is 0.198. The smallest absolute Gasteiger partial charge is 0.00928 e. The van der Waals surface area contributed by atoms with Crippen molar-refractivity contribution in [1.29, 1.82) is 0 Å². The fourth-order valence-corrected chi connectivity index (χ4v) is 6.33. The van der Waals surface area contributed by atoms with E-state index < -0.39 is 0 Å². The van der Waals surface area contributed by atoms with Gasteiger partial charge in [-0.05, 0) is 101 Å². The topological polar surface area (TPSA) is 0 Å². The average molecular weight is 533 g/mol. The summed E-state index contributed by atoms with van der Waals surface area (Å²) in [6.45, 7) is 0. The molecule has 8 rings (SSSR count). The normalized spacial score (nSPS) is 11.3. The molecule has 0 saturated carbocycles. The summed E-state index contributed by atoms with van der Waals surface area (Å²) in [7, 11) is 0. The summed E-state index contributed by atoms with van der Waals surface area (Å²) in [5.41, 5.74) is 9.87. The molecule has 196 valence electrons. The summed E-state index contributed by atoms with van der Waals surface area (Å²) in [6, 6.07) is 61.7. The minimum atomic E-state index is 1.23. The lowest BCUT2D eigenvalue weighted by molar-refractivity contribution is 1.60. The fraction of sp³-hybridized carbons (Fsp3) is 0. The van der Waals surface area contributed by atoms with E-state index in [1.54, 1.807) is 0 Å². The van der Waals surface area contributed by atoms with Gasteiger partial charge in [-0.25, -0.2) is 0 Å². The molecule has 0 saturated heterocycles. The van der Waals surface area contributed by atoms with Gasteiger partial charge in [0.15, 0.2) is 0 Å². The third-order valence-electron chi connectivity index (χ3n) is 8.44. The molecule has 8 aromatic rings. The van der Waals surface area contributed by atoms with Gasteiger partial charge < -0.3 is 0 Å². The second-order valence-electron chi connectivity index (χ2n) is 11.0. The number of benzene rings is 8. The lowest BCUT2D eigenvalue weighted by Crippen LogP contribution is -1.87. The van der Waals surface area contributed by atoms with Crippen molar-refractivity contribution in [2.24, 2.45) is 0 Å². The molecule has 0 atom stereocenters. The Balaban J connectivity index is 1.31. The van der Waals surface area contributed by atoms with Gasteiger partial charge in [0.25, 0.3) is 0 Å². The SMILES string of the molecule is c1ccc(-c2cccc(-c3ccc4c(c3)c3ccccc3c3ccc(-c5cccc(-c6ccccc6)c5)cc34)c2)cc1. The zero-order valence-corrected chi connectivity index (χ0v) is 23.2. The Morgan fingerprint density at radius 1 is 0.167 bits per heavy atom. The molecule has 0 amide bonds. The zero-order valence-electron chi connectivity index (χ0n) is 23.2. The predicted molar refractivity (Wildman–Crippen MR) is 181 cm³/mol. The fourth-order valence-electron chi connectivity index (χ4n) is 6.33. The maximum Gasteiger partial charge on any atom is -0.00928 e. The van der Waals surface area contributed by atoms with E-state index in [4.69, 9.17) is 0 Å². The van der Waals surface area contributed by atoms with Crippen molar-refractivity contribution in [3.8, 4) is 44.5 Å². The molecule has 0 spiro atoms. The Kier molecular flexibility index (Phi) is 5.90. The van der Waals surface area contributed by atoms with Gasteiger partial charge in [-0.15, -0.1) is 0 Å². The number of hydrogen-bond donors (Lipinski definition) is 0. The van der Waals surface area contributed by atoms with Crippen molar-refractivity contribution in [3.63, 3.8) is 0 Å². The zero-order chi connectivity index (χ0) is 27.9. The Bertz CT molecular complexity index is 2100. The van der Waals surface area contributed by atoms with Crippen LogP contribution in [0.2, 0.25) is 0 Å². The average Bonchev–Trinajstić information content (AvgIpc) is 3.09. The molecule has 0 heteroatoms. The van der Waals surface area contributed by atoms with Gasteiger partial charge in [-0.1, -0.05) is 146 Å². The van der Waals surface area contributed by atoms with Gasteiger partial charge in [0.1, 0.15) is 0 Å². The second kappa shape index (κ2) is 10.2. The number of fused-ring (bicyclic) bond motifs is 6. The van der Waals surface area contributed by atoms with Crippen LogP contribution in [0.5, 0.6) is 0 Å². The van der Waals surface area contributed by atoms with Crippen LogP contribution in [-0.2, 0) is 0 Å². The van der Waals surface area contributed by atoms with Crippen LogP contribution in [0, 0.1) is 0 Å². The van der Waals surface area contributed by atoms with Gasteiger partial charge in [-0.3, -0.25) is 0 Å². The molecular weight excluding hydrogens is 504 g/mol. The summed E-state index contributed by atoms with van der Waals surface area (Å²) < 4.78 is 0. The molecule has 0 heterocycles. The van der Waals surface area contributed by atoms with Crippen LogP contribution in [-0.4, -0.2) is 0 Å². The standard InChI is InChI=1S/C42H28/c1-3-11-29(12-4-1)31-15-9-17-33(25-31)35-21-23-39-37-19-7-8-20-38(37)41-27-36(22-24-40(41)42(39)28-35)34-18-10-16-32(26-34)30-13-5-2-6-14-30/h1-28H. The van der Waals surface area contributed by atoms with Crippen molar-refractivity contribution in [1.82, 2.24) is 0 Å². The van der Waals surface area contributed by atoms with E-state index in [-0.39, 0.29) is 0 Å². The third-order valence-corrected chi connectivity index (χ3v) is 8.44. The van der Waals surface area contributed by atoms with Crippen LogP contribution in [0.1, 0.15) is 0 Å². The van der Waals surface area contributed by atoms with Crippen LogP contribution in [0.15, 0.2) is 170 Å². The number of hydrogen-bond acceptors (Lipinski definition) is 0. The molecule has 0 fully saturated rings.